The van der Waals surface area contributed by atoms with Gasteiger partial charge in [0.15, 0.2) is 0 Å². The van der Waals surface area contributed by atoms with E-state index in [9.17, 15) is 9.90 Å². The Morgan fingerprint density at radius 3 is 2.87 bits per heavy atom. The molecule has 1 fully saturated rings. The molecule has 4 heterocycles. The summed E-state index contributed by atoms with van der Waals surface area (Å²) < 4.78 is 9.12. The van der Waals surface area contributed by atoms with Crippen LogP contribution >= 0.6 is 0 Å². The number of fused-ring (bicyclic) bond motifs is 13. The summed E-state index contributed by atoms with van der Waals surface area (Å²) in [5, 5.41) is 16.1. The maximum absolute atomic E-state index is 13.1. The zero-order chi connectivity index (χ0) is 20.5. The number of benzene rings is 3. The van der Waals surface area contributed by atoms with Crippen LogP contribution in [0.1, 0.15) is 52.0 Å². The van der Waals surface area contributed by atoms with Crippen molar-refractivity contribution in [3.63, 3.8) is 0 Å². The molecule has 5 nitrogen and oxygen atoms in total. The number of carbonyl (C=O) groups excluding carboxylic acids is 1. The van der Waals surface area contributed by atoms with Gasteiger partial charge in [-0.15, -0.1) is 0 Å². The lowest BCUT2D eigenvalue weighted by atomic mass is 9.77. The predicted molar refractivity (Wildman–Crippen MR) is 117 cm³/mol. The average molecular weight is 408 g/mol. The molecule has 8 rings (SSSR count). The zero-order valence-electron chi connectivity index (χ0n) is 16.8. The summed E-state index contributed by atoms with van der Waals surface area (Å²) in [7, 11) is 0. The van der Waals surface area contributed by atoms with Crippen LogP contribution in [0.3, 0.4) is 0 Å². The number of para-hydroxylation sites is 1. The van der Waals surface area contributed by atoms with Crippen molar-refractivity contribution >= 4 is 27.7 Å². The first-order valence-corrected chi connectivity index (χ1v) is 11.0. The van der Waals surface area contributed by atoms with Crippen LogP contribution in [0, 0.1) is 0 Å². The Kier molecular flexibility index (Phi) is 2.76. The van der Waals surface area contributed by atoms with Crippen LogP contribution in [0.25, 0.3) is 32.9 Å². The van der Waals surface area contributed by atoms with E-state index in [1.807, 2.05) is 6.07 Å². The SMILES string of the molecule is O=C1NCc2c1c1c3c4c2c2ccccc2n4C2CCC(CO)(O2)C3c2ccccc2-1. The van der Waals surface area contributed by atoms with Gasteiger partial charge in [0.05, 0.1) is 23.2 Å². The third kappa shape index (κ3) is 1.66. The molecular formula is C26H20N2O3. The van der Waals surface area contributed by atoms with Crippen molar-refractivity contribution in [3.05, 3.63) is 70.8 Å². The molecule has 1 aromatic heterocycles. The molecule has 0 spiro atoms. The van der Waals surface area contributed by atoms with Crippen LogP contribution in [0.4, 0.5) is 0 Å². The van der Waals surface area contributed by atoms with E-state index in [2.05, 4.69) is 52.3 Å². The Labute approximate surface area is 178 Å². The second kappa shape index (κ2) is 5.18. The van der Waals surface area contributed by atoms with Crippen molar-refractivity contribution in [2.75, 3.05) is 6.61 Å². The number of nitrogens with zero attached hydrogens (tertiary/aromatic N) is 1. The summed E-state index contributed by atoms with van der Waals surface area (Å²) in [6, 6.07) is 16.8. The number of nitrogens with one attached hydrogen (secondary N) is 1. The highest BCUT2D eigenvalue weighted by molar-refractivity contribution is 6.20. The first-order valence-electron chi connectivity index (χ1n) is 11.0. The maximum atomic E-state index is 13.1. The number of carbonyl (C=O) groups is 1. The summed E-state index contributed by atoms with van der Waals surface area (Å²) in [4.78, 5) is 13.1. The summed E-state index contributed by atoms with van der Waals surface area (Å²) >= 11 is 0. The highest BCUT2D eigenvalue weighted by atomic mass is 16.5. The van der Waals surface area contributed by atoms with Crippen molar-refractivity contribution < 1.29 is 14.6 Å². The molecule has 3 aromatic carbocycles. The largest absolute Gasteiger partial charge is 0.393 e. The van der Waals surface area contributed by atoms with Crippen molar-refractivity contribution in [1.82, 2.24) is 9.88 Å². The summed E-state index contributed by atoms with van der Waals surface area (Å²) in [6.45, 7) is 0.519. The zero-order valence-corrected chi connectivity index (χ0v) is 16.8. The molecule has 4 aromatic rings. The summed E-state index contributed by atoms with van der Waals surface area (Å²) in [6.07, 6.45) is 1.55. The van der Waals surface area contributed by atoms with Gasteiger partial charge in [-0.2, -0.15) is 0 Å². The van der Waals surface area contributed by atoms with Crippen molar-refractivity contribution in [2.24, 2.45) is 0 Å². The Hall–Kier alpha value is -3.15. The number of hydrogen-bond acceptors (Lipinski definition) is 3. The van der Waals surface area contributed by atoms with Crippen LogP contribution in [0.2, 0.25) is 0 Å². The molecule has 1 aliphatic carbocycles. The highest BCUT2D eigenvalue weighted by Crippen LogP contribution is 2.62. The topological polar surface area (TPSA) is 63.5 Å². The molecule has 4 aliphatic rings. The number of aliphatic hydroxyl groups excluding tert-OH is 1. The lowest BCUT2D eigenvalue weighted by Gasteiger charge is -2.33. The number of hydrogen-bond donors (Lipinski definition) is 2. The quantitative estimate of drug-likeness (QED) is 0.496. The Morgan fingerprint density at radius 2 is 1.97 bits per heavy atom. The van der Waals surface area contributed by atoms with Crippen molar-refractivity contribution in [1.29, 1.82) is 0 Å². The first-order chi connectivity index (χ1) is 15.2. The third-order valence-corrected chi connectivity index (χ3v) is 8.04. The van der Waals surface area contributed by atoms with E-state index in [0.29, 0.717) is 6.54 Å². The van der Waals surface area contributed by atoms with Gasteiger partial charge in [0.25, 0.3) is 5.91 Å². The number of rotatable bonds is 1. The van der Waals surface area contributed by atoms with Gasteiger partial charge in [-0.05, 0) is 41.2 Å². The smallest absolute Gasteiger partial charge is 0.252 e. The van der Waals surface area contributed by atoms with Crippen LogP contribution < -0.4 is 5.32 Å². The van der Waals surface area contributed by atoms with E-state index in [1.165, 1.54) is 27.4 Å². The van der Waals surface area contributed by atoms with Gasteiger partial charge in [-0.1, -0.05) is 42.5 Å². The van der Waals surface area contributed by atoms with Gasteiger partial charge in [0.1, 0.15) is 11.8 Å². The van der Waals surface area contributed by atoms with Gasteiger partial charge in [0.2, 0.25) is 0 Å². The van der Waals surface area contributed by atoms with E-state index in [-0.39, 0.29) is 24.7 Å². The van der Waals surface area contributed by atoms with Gasteiger partial charge in [-0.3, -0.25) is 4.79 Å². The molecule has 0 radical (unpaired) electrons. The molecule has 1 saturated heterocycles. The molecule has 2 N–H and O–H groups in total. The Balaban J connectivity index is 1.70. The number of aliphatic hydroxyl groups is 1. The maximum Gasteiger partial charge on any atom is 0.252 e. The molecule has 3 unspecified atom stereocenters. The first kappa shape index (κ1) is 16.5. The van der Waals surface area contributed by atoms with Crippen molar-refractivity contribution in [3.8, 4) is 11.1 Å². The lowest BCUT2D eigenvalue weighted by molar-refractivity contribution is -0.0998. The van der Waals surface area contributed by atoms with E-state index >= 15 is 0 Å². The fourth-order valence-corrected chi connectivity index (χ4v) is 6.94. The minimum atomic E-state index is -0.664. The van der Waals surface area contributed by atoms with Crippen LogP contribution in [-0.4, -0.2) is 27.8 Å². The third-order valence-electron chi connectivity index (χ3n) is 8.04. The number of ether oxygens (including phenoxy) is 1. The molecule has 31 heavy (non-hydrogen) atoms. The molecule has 0 saturated carbocycles. The minimum absolute atomic E-state index is 0.00353. The Morgan fingerprint density at radius 1 is 1.13 bits per heavy atom. The van der Waals surface area contributed by atoms with E-state index in [0.717, 1.165) is 40.6 Å². The average Bonchev–Trinajstić information content (AvgIpc) is 3.52. The normalized spacial score (nSPS) is 26.9. The van der Waals surface area contributed by atoms with Crippen LogP contribution in [-0.2, 0) is 11.3 Å². The second-order valence-corrected chi connectivity index (χ2v) is 9.29. The molecule has 5 heteroatoms. The standard InChI is InChI=1S/C26H20N2O3/c29-12-26-10-9-18(31-26)28-17-8-4-3-7-15(17)19-16-11-27-25(30)21(16)20-13-5-1-2-6-14(13)23(26)22(20)24(19)28/h1-8,18,23,29H,9-12H2,(H,27,30). The van der Waals surface area contributed by atoms with E-state index in [1.54, 1.807) is 0 Å². The monoisotopic (exact) mass is 408 g/mol. The van der Waals surface area contributed by atoms with Crippen LogP contribution in [0.15, 0.2) is 48.5 Å². The molecule has 2 bridgehead atoms. The lowest BCUT2D eigenvalue weighted by Crippen LogP contribution is -2.39. The molecular weight excluding hydrogens is 388 g/mol. The molecule has 3 atom stereocenters. The van der Waals surface area contributed by atoms with Gasteiger partial charge >= 0.3 is 0 Å². The van der Waals surface area contributed by atoms with Gasteiger partial charge in [-0.25, -0.2) is 0 Å². The minimum Gasteiger partial charge on any atom is -0.393 e. The Bertz CT molecular complexity index is 1500. The van der Waals surface area contributed by atoms with Crippen molar-refractivity contribution in [2.45, 2.75) is 37.1 Å². The summed E-state index contributed by atoms with van der Waals surface area (Å²) in [5.41, 5.74) is 8.06. The van der Waals surface area contributed by atoms with Gasteiger partial charge in [0, 0.05) is 28.8 Å². The highest BCUT2D eigenvalue weighted by Gasteiger charge is 2.55. The molecule has 1 amide bonds. The molecule has 152 valence electrons. The van der Waals surface area contributed by atoms with E-state index in [4.69, 9.17) is 4.74 Å². The predicted octanol–water partition coefficient (Wildman–Crippen LogP) is 4.20. The van der Waals surface area contributed by atoms with Crippen LogP contribution in [0.5, 0.6) is 0 Å². The van der Waals surface area contributed by atoms with E-state index < -0.39 is 5.60 Å². The number of amides is 1. The second-order valence-electron chi connectivity index (χ2n) is 9.29. The fraction of sp³-hybridized carbons (Fsp3) is 0.269. The summed E-state index contributed by atoms with van der Waals surface area (Å²) in [5.74, 6) is -0.0794. The number of aromatic nitrogens is 1. The fourth-order valence-electron chi connectivity index (χ4n) is 6.94. The van der Waals surface area contributed by atoms with Gasteiger partial charge < -0.3 is 19.7 Å². The molecule has 3 aliphatic heterocycles.